The number of ether oxygens (including phenoxy) is 2. The van der Waals surface area contributed by atoms with Crippen LogP contribution in [0.2, 0.25) is 0 Å². The molecule has 122 valence electrons. The van der Waals surface area contributed by atoms with Crippen LogP contribution < -0.4 is 9.47 Å². The lowest BCUT2D eigenvalue weighted by molar-refractivity contribution is -0.385. The summed E-state index contributed by atoms with van der Waals surface area (Å²) in [5.74, 6) is -0.662. The van der Waals surface area contributed by atoms with Crippen molar-refractivity contribution in [3.05, 3.63) is 63.9 Å². The van der Waals surface area contributed by atoms with Crippen LogP contribution in [-0.2, 0) is 0 Å². The maximum absolute atomic E-state index is 12.4. The Kier molecular flexibility index (Phi) is 3.91. The van der Waals surface area contributed by atoms with Crippen molar-refractivity contribution < 1.29 is 23.6 Å². The molecule has 3 aromatic rings. The summed E-state index contributed by atoms with van der Waals surface area (Å²) in [5.41, 5.74) is 0.800. The van der Waals surface area contributed by atoms with E-state index in [4.69, 9.17) is 13.9 Å². The Morgan fingerprint density at radius 1 is 1.21 bits per heavy atom. The number of carbonyl (C=O) groups excluding carboxylic acids is 1. The third kappa shape index (κ3) is 2.67. The minimum atomic E-state index is -0.794. The van der Waals surface area contributed by atoms with Crippen molar-refractivity contribution >= 4 is 22.6 Å². The molecular formula is C17H13NO6. The van der Waals surface area contributed by atoms with Gasteiger partial charge in [0.25, 0.3) is 0 Å². The molecule has 3 rings (SSSR count). The van der Waals surface area contributed by atoms with Crippen molar-refractivity contribution in [1.82, 2.24) is 0 Å². The van der Waals surface area contributed by atoms with Gasteiger partial charge in [-0.3, -0.25) is 10.1 Å². The van der Waals surface area contributed by atoms with Crippen molar-refractivity contribution in [3.8, 4) is 11.5 Å². The van der Waals surface area contributed by atoms with Gasteiger partial charge in [0.05, 0.1) is 18.1 Å². The van der Waals surface area contributed by atoms with Gasteiger partial charge >= 0.3 is 11.7 Å². The Morgan fingerprint density at radius 3 is 2.62 bits per heavy atom. The molecule has 1 aromatic heterocycles. The van der Waals surface area contributed by atoms with Gasteiger partial charge in [0, 0.05) is 10.9 Å². The van der Waals surface area contributed by atoms with Crippen LogP contribution in [0, 0.1) is 17.0 Å². The van der Waals surface area contributed by atoms with Crippen LogP contribution in [0.4, 0.5) is 5.69 Å². The molecule has 0 saturated carbocycles. The summed E-state index contributed by atoms with van der Waals surface area (Å²) in [6.45, 7) is 1.73. The zero-order chi connectivity index (χ0) is 17.3. The second kappa shape index (κ2) is 6.04. The Labute approximate surface area is 136 Å². The number of hydrogen-bond donors (Lipinski definition) is 0. The molecule has 7 heteroatoms. The molecule has 0 N–H and O–H groups in total. The number of carbonyl (C=O) groups is 1. The van der Waals surface area contributed by atoms with Gasteiger partial charge in [-0.25, -0.2) is 4.79 Å². The lowest BCUT2D eigenvalue weighted by atomic mass is 10.1. The average molecular weight is 327 g/mol. The molecule has 0 atom stereocenters. The molecule has 7 nitrogen and oxygen atoms in total. The Hall–Kier alpha value is -3.35. The highest BCUT2D eigenvalue weighted by Gasteiger charge is 2.24. The monoisotopic (exact) mass is 327 g/mol. The van der Waals surface area contributed by atoms with Crippen LogP contribution in [0.15, 0.2) is 46.9 Å². The number of benzene rings is 2. The van der Waals surface area contributed by atoms with Crippen LogP contribution in [0.25, 0.3) is 11.0 Å². The number of nitro groups is 1. The number of nitro benzene ring substituents is 1. The second-order valence-electron chi connectivity index (χ2n) is 5.03. The number of nitrogens with zero attached hydrogens (tertiary/aromatic N) is 1. The highest BCUT2D eigenvalue weighted by atomic mass is 16.6. The quantitative estimate of drug-likeness (QED) is 0.312. The molecule has 24 heavy (non-hydrogen) atoms. The molecule has 0 aliphatic rings. The van der Waals surface area contributed by atoms with Gasteiger partial charge in [0.1, 0.15) is 11.3 Å². The summed E-state index contributed by atoms with van der Waals surface area (Å²) in [6.07, 6.45) is 0. The molecular weight excluding hydrogens is 314 g/mol. The fraction of sp³-hybridized carbons (Fsp3) is 0.118. The Bertz CT molecular complexity index is 943. The standard InChI is InChI=1S/C17H13NO6/c1-10-12-5-3-4-6-14(12)23-16(10)17(19)24-15-8-7-11(22-2)9-13(15)18(20)21/h3-9H,1-2H3. The van der Waals surface area contributed by atoms with Crippen LogP contribution in [0.3, 0.4) is 0 Å². The minimum Gasteiger partial charge on any atom is -0.496 e. The largest absolute Gasteiger partial charge is 0.496 e. The molecule has 0 radical (unpaired) electrons. The zero-order valence-electron chi connectivity index (χ0n) is 12.9. The lowest BCUT2D eigenvalue weighted by Gasteiger charge is -2.05. The Morgan fingerprint density at radius 2 is 1.96 bits per heavy atom. The van der Waals surface area contributed by atoms with E-state index in [1.165, 1.54) is 25.3 Å². The number of aryl methyl sites for hydroxylation is 1. The zero-order valence-corrected chi connectivity index (χ0v) is 12.9. The lowest BCUT2D eigenvalue weighted by Crippen LogP contribution is -2.10. The van der Waals surface area contributed by atoms with Crippen LogP contribution in [0.5, 0.6) is 11.5 Å². The summed E-state index contributed by atoms with van der Waals surface area (Å²) in [7, 11) is 1.39. The highest BCUT2D eigenvalue weighted by molar-refractivity contribution is 5.97. The van der Waals surface area contributed by atoms with E-state index in [1.54, 1.807) is 19.1 Å². The van der Waals surface area contributed by atoms with Crippen molar-refractivity contribution in [2.45, 2.75) is 6.92 Å². The Balaban J connectivity index is 1.97. The highest BCUT2D eigenvalue weighted by Crippen LogP contribution is 2.32. The predicted octanol–water partition coefficient (Wildman–Crippen LogP) is 3.88. The average Bonchev–Trinajstić information content (AvgIpc) is 2.92. The number of rotatable bonds is 4. The topological polar surface area (TPSA) is 91.8 Å². The van der Waals surface area contributed by atoms with Crippen LogP contribution in [-0.4, -0.2) is 18.0 Å². The minimum absolute atomic E-state index is 0.0151. The molecule has 1 heterocycles. The summed E-state index contributed by atoms with van der Waals surface area (Å²) >= 11 is 0. The normalized spacial score (nSPS) is 10.6. The fourth-order valence-electron chi connectivity index (χ4n) is 2.37. The van der Waals surface area contributed by atoms with Gasteiger partial charge in [-0.1, -0.05) is 18.2 Å². The van der Waals surface area contributed by atoms with E-state index in [0.29, 0.717) is 16.9 Å². The number of methoxy groups -OCH3 is 1. The molecule has 0 unspecified atom stereocenters. The van der Waals surface area contributed by atoms with Crippen molar-refractivity contribution in [3.63, 3.8) is 0 Å². The summed E-state index contributed by atoms with van der Waals surface area (Å²) in [6, 6.07) is 11.1. The summed E-state index contributed by atoms with van der Waals surface area (Å²) in [5, 5.41) is 11.9. The molecule has 0 saturated heterocycles. The first-order valence-corrected chi connectivity index (χ1v) is 7.04. The summed E-state index contributed by atoms with van der Waals surface area (Å²) in [4.78, 5) is 22.9. The molecule has 0 spiro atoms. The number of hydrogen-bond acceptors (Lipinski definition) is 6. The second-order valence-corrected chi connectivity index (χ2v) is 5.03. The van der Waals surface area contributed by atoms with Gasteiger partial charge in [-0.15, -0.1) is 0 Å². The fourth-order valence-corrected chi connectivity index (χ4v) is 2.37. The first-order chi connectivity index (χ1) is 11.5. The van der Waals surface area contributed by atoms with Crippen LogP contribution >= 0.6 is 0 Å². The van der Waals surface area contributed by atoms with Crippen molar-refractivity contribution in [2.75, 3.05) is 7.11 Å². The number of fused-ring (bicyclic) bond motifs is 1. The molecule has 0 bridgehead atoms. The van der Waals surface area contributed by atoms with E-state index < -0.39 is 10.9 Å². The predicted molar refractivity (Wildman–Crippen MR) is 85.6 cm³/mol. The number of furan rings is 1. The first-order valence-electron chi connectivity index (χ1n) is 7.04. The number of para-hydroxylation sites is 1. The first kappa shape index (κ1) is 15.5. The van der Waals surface area contributed by atoms with E-state index in [2.05, 4.69) is 0 Å². The molecule has 0 amide bonds. The SMILES string of the molecule is COc1ccc(OC(=O)c2oc3ccccc3c2C)c([N+](=O)[O-])c1. The van der Waals surface area contributed by atoms with E-state index >= 15 is 0 Å². The smallest absolute Gasteiger partial charge is 0.380 e. The van der Waals surface area contributed by atoms with Crippen molar-refractivity contribution in [1.29, 1.82) is 0 Å². The molecule has 2 aromatic carbocycles. The van der Waals surface area contributed by atoms with Crippen LogP contribution in [0.1, 0.15) is 16.1 Å². The summed E-state index contributed by atoms with van der Waals surface area (Å²) < 4.78 is 15.6. The molecule has 0 aliphatic carbocycles. The van der Waals surface area contributed by atoms with Crippen molar-refractivity contribution in [2.24, 2.45) is 0 Å². The van der Waals surface area contributed by atoms with E-state index in [0.717, 1.165) is 5.39 Å². The van der Waals surface area contributed by atoms with E-state index in [1.807, 2.05) is 12.1 Å². The van der Waals surface area contributed by atoms with E-state index in [9.17, 15) is 14.9 Å². The maximum atomic E-state index is 12.4. The van der Waals surface area contributed by atoms with Gasteiger partial charge in [0.2, 0.25) is 11.5 Å². The van der Waals surface area contributed by atoms with Gasteiger partial charge in [-0.05, 0) is 25.1 Å². The number of esters is 1. The van der Waals surface area contributed by atoms with Gasteiger partial charge < -0.3 is 13.9 Å². The third-order valence-corrected chi connectivity index (χ3v) is 3.59. The molecule has 0 aliphatic heterocycles. The third-order valence-electron chi connectivity index (χ3n) is 3.59. The van der Waals surface area contributed by atoms with Gasteiger partial charge in [-0.2, -0.15) is 0 Å². The maximum Gasteiger partial charge on any atom is 0.380 e. The molecule has 0 fully saturated rings. The van der Waals surface area contributed by atoms with E-state index in [-0.39, 0.29) is 17.2 Å². The van der Waals surface area contributed by atoms with Gasteiger partial charge in [0.15, 0.2) is 0 Å².